The Labute approximate surface area is 80.0 Å². The highest BCUT2D eigenvalue weighted by Crippen LogP contribution is 2.19. The second-order valence-corrected chi connectivity index (χ2v) is 2.66. The Morgan fingerprint density at radius 2 is 2.29 bits per heavy atom. The van der Waals surface area contributed by atoms with E-state index in [2.05, 4.69) is 10.1 Å². The summed E-state index contributed by atoms with van der Waals surface area (Å²) in [5.74, 6) is -0.200. The molecule has 2 aromatic rings. The third kappa shape index (κ3) is 1.44. The van der Waals surface area contributed by atoms with E-state index in [9.17, 15) is 4.39 Å². The summed E-state index contributed by atoms with van der Waals surface area (Å²) in [5, 5.41) is 3.88. The standard InChI is InChI=1S/C9H8FN3O/c1-14-9-3-2-7(4-8(9)10)13-6-11-5-12-13/h2-6H,1H3. The van der Waals surface area contributed by atoms with Crippen LogP contribution in [0.5, 0.6) is 5.75 Å². The largest absolute Gasteiger partial charge is 0.494 e. The van der Waals surface area contributed by atoms with Crippen molar-refractivity contribution >= 4 is 0 Å². The molecular formula is C9H8FN3O. The molecule has 1 aromatic carbocycles. The minimum atomic E-state index is -0.416. The predicted molar refractivity (Wildman–Crippen MR) is 47.9 cm³/mol. The molecular weight excluding hydrogens is 185 g/mol. The number of benzene rings is 1. The number of hydrogen-bond donors (Lipinski definition) is 0. The maximum atomic E-state index is 13.3. The fourth-order valence-electron chi connectivity index (χ4n) is 1.14. The van der Waals surface area contributed by atoms with Gasteiger partial charge in [0.1, 0.15) is 12.7 Å². The van der Waals surface area contributed by atoms with Crippen molar-refractivity contribution in [3.05, 3.63) is 36.7 Å². The van der Waals surface area contributed by atoms with Crippen LogP contribution in [0.25, 0.3) is 5.69 Å². The van der Waals surface area contributed by atoms with Crippen LogP contribution in [0, 0.1) is 5.82 Å². The summed E-state index contributed by atoms with van der Waals surface area (Å²) in [4.78, 5) is 3.77. The lowest BCUT2D eigenvalue weighted by atomic mass is 10.3. The third-order valence-electron chi connectivity index (χ3n) is 1.82. The first-order valence-electron chi connectivity index (χ1n) is 4.00. The quantitative estimate of drug-likeness (QED) is 0.724. The molecule has 0 atom stereocenters. The summed E-state index contributed by atoms with van der Waals surface area (Å²) in [6.07, 6.45) is 2.89. The van der Waals surface area contributed by atoms with E-state index in [1.54, 1.807) is 12.1 Å². The SMILES string of the molecule is COc1ccc(-n2cncn2)cc1F. The van der Waals surface area contributed by atoms with Crippen LogP contribution in [0.3, 0.4) is 0 Å². The fourth-order valence-corrected chi connectivity index (χ4v) is 1.14. The van der Waals surface area contributed by atoms with Gasteiger partial charge >= 0.3 is 0 Å². The monoisotopic (exact) mass is 193 g/mol. The Hall–Kier alpha value is -1.91. The van der Waals surface area contributed by atoms with Gasteiger partial charge in [-0.15, -0.1) is 0 Å². The average Bonchev–Trinajstić information content (AvgIpc) is 2.70. The van der Waals surface area contributed by atoms with Crippen molar-refractivity contribution < 1.29 is 9.13 Å². The number of halogens is 1. The minimum absolute atomic E-state index is 0.217. The van der Waals surface area contributed by atoms with E-state index in [1.807, 2.05) is 0 Å². The van der Waals surface area contributed by atoms with E-state index in [0.29, 0.717) is 5.69 Å². The van der Waals surface area contributed by atoms with Crippen LogP contribution in [0.4, 0.5) is 4.39 Å². The van der Waals surface area contributed by atoms with Crippen LogP contribution in [0.1, 0.15) is 0 Å². The number of nitrogens with zero attached hydrogens (tertiary/aromatic N) is 3. The topological polar surface area (TPSA) is 39.9 Å². The van der Waals surface area contributed by atoms with Gasteiger partial charge < -0.3 is 4.74 Å². The van der Waals surface area contributed by atoms with Crippen LogP contribution < -0.4 is 4.74 Å². The van der Waals surface area contributed by atoms with Crippen molar-refractivity contribution in [1.29, 1.82) is 0 Å². The first-order chi connectivity index (χ1) is 6.81. The molecule has 0 bridgehead atoms. The lowest BCUT2D eigenvalue weighted by molar-refractivity contribution is 0.386. The lowest BCUT2D eigenvalue weighted by Gasteiger charge is -2.04. The number of ether oxygens (including phenoxy) is 1. The summed E-state index contributed by atoms with van der Waals surface area (Å²) < 4.78 is 19.5. The van der Waals surface area contributed by atoms with E-state index >= 15 is 0 Å². The second-order valence-electron chi connectivity index (χ2n) is 2.66. The van der Waals surface area contributed by atoms with Crippen molar-refractivity contribution in [2.45, 2.75) is 0 Å². The average molecular weight is 193 g/mol. The van der Waals surface area contributed by atoms with Crippen molar-refractivity contribution in [3.8, 4) is 11.4 Å². The maximum absolute atomic E-state index is 13.3. The summed E-state index contributed by atoms with van der Waals surface area (Å²) in [7, 11) is 1.42. The highest BCUT2D eigenvalue weighted by molar-refractivity contribution is 5.37. The molecule has 0 N–H and O–H groups in total. The van der Waals surface area contributed by atoms with Gasteiger partial charge in [-0.3, -0.25) is 0 Å². The van der Waals surface area contributed by atoms with Crippen LogP contribution in [0.2, 0.25) is 0 Å². The zero-order valence-electron chi connectivity index (χ0n) is 7.51. The predicted octanol–water partition coefficient (Wildman–Crippen LogP) is 1.41. The van der Waals surface area contributed by atoms with Gasteiger partial charge in [0.25, 0.3) is 0 Å². The first kappa shape index (κ1) is 8.68. The fraction of sp³-hybridized carbons (Fsp3) is 0.111. The Bertz CT molecular complexity index is 428. The first-order valence-corrected chi connectivity index (χ1v) is 4.00. The van der Waals surface area contributed by atoms with Gasteiger partial charge in [-0.1, -0.05) is 0 Å². The Balaban J connectivity index is 2.43. The molecule has 0 aliphatic heterocycles. The van der Waals surface area contributed by atoms with Crippen LogP contribution in [-0.2, 0) is 0 Å². The molecule has 0 radical (unpaired) electrons. The van der Waals surface area contributed by atoms with Gasteiger partial charge in [0.05, 0.1) is 12.8 Å². The highest BCUT2D eigenvalue weighted by atomic mass is 19.1. The normalized spacial score (nSPS) is 10.1. The van der Waals surface area contributed by atoms with Gasteiger partial charge in [-0.25, -0.2) is 14.1 Å². The number of hydrogen-bond acceptors (Lipinski definition) is 3. The molecule has 2 rings (SSSR count). The molecule has 0 saturated carbocycles. The van der Waals surface area contributed by atoms with Crippen LogP contribution in [0.15, 0.2) is 30.9 Å². The van der Waals surface area contributed by atoms with Crippen molar-refractivity contribution in [2.75, 3.05) is 7.11 Å². The zero-order chi connectivity index (χ0) is 9.97. The molecule has 1 heterocycles. The smallest absolute Gasteiger partial charge is 0.167 e. The number of rotatable bonds is 2. The third-order valence-corrected chi connectivity index (χ3v) is 1.82. The minimum Gasteiger partial charge on any atom is -0.494 e. The molecule has 0 aliphatic carbocycles. The van der Waals surface area contributed by atoms with Gasteiger partial charge in [0.2, 0.25) is 0 Å². The molecule has 0 unspecified atom stereocenters. The number of aromatic nitrogens is 3. The van der Waals surface area contributed by atoms with Gasteiger partial charge in [0, 0.05) is 6.07 Å². The van der Waals surface area contributed by atoms with Gasteiger partial charge in [-0.2, -0.15) is 5.10 Å². The van der Waals surface area contributed by atoms with Crippen LogP contribution in [-0.4, -0.2) is 21.9 Å². The molecule has 14 heavy (non-hydrogen) atoms. The molecule has 72 valence electrons. The van der Waals surface area contributed by atoms with Crippen LogP contribution >= 0.6 is 0 Å². The highest BCUT2D eigenvalue weighted by Gasteiger charge is 2.04. The van der Waals surface area contributed by atoms with E-state index in [1.165, 1.54) is 30.5 Å². The molecule has 0 saturated heterocycles. The van der Waals surface area contributed by atoms with E-state index < -0.39 is 5.82 Å². The summed E-state index contributed by atoms with van der Waals surface area (Å²) in [5.41, 5.74) is 0.612. The molecule has 5 heteroatoms. The van der Waals surface area contributed by atoms with Gasteiger partial charge in [-0.05, 0) is 12.1 Å². The summed E-state index contributed by atoms with van der Waals surface area (Å²) >= 11 is 0. The van der Waals surface area contributed by atoms with E-state index in [4.69, 9.17) is 4.74 Å². The summed E-state index contributed by atoms with van der Waals surface area (Å²) in [6.45, 7) is 0. The van der Waals surface area contributed by atoms with Crippen molar-refractivity contribution in [3.63, 3.8) is 0 Å². The van der Waals surface area contributed by atoms with Crippen molar-refractivity contribution in [1.82, 2.24) is 14.8 Å². The molecule has 0 amide bonds. The Morgan fingerprint density at radius 1 is 1.43 bits per heavy atom. The van der Waals surface area contributed by atoms with Crippen molar-refractivity contribution in [2.24, 2.45) is 0 Å². The second kappa shape index (κ2) is 3.45. The van der Waals surface area contributed by atoms with E-state index in [0.717, 1.165) is 0 Å². The van der Waals surface area contributed by atoms with Gasteiger partial charge in [0.15, 0.2) is 11.6 Å². The molecule has 0 spiro atoms. The molecule has 4 nitrogen and oxygen atoms in total. The lowest BCUT2D eigenvalue weighted by Crippen LogP contribution is -1.96. The van der Waals surface area contributed by atoms with E-state index in [-0.39, 0.29) is 5.75 Å². The molecule has 0 fully saturated rings. The maximum Gasteiger partial charge on any atom is 0.167 e. The zero-order valence-corrected chi connectivity index (χ0v) is 7.51. The Morgan fingerprint density at radius 3 is 2.86 bits per heavy atom. The molecule has 0 aliphatic rings. The number of methoxy groups -OCH3 is 1. The molecule has 1 aromatic heterocycles. The summed E-state index contributed by atoms with van der Waals surface area (Å²) in [6, 6.07) is 4.59. The Kier molecular flexibility index (Phi) is 2.14.